The van der Waals surface area contributed by atoms with E-state index in [1.807, 2.05) is 30.3 Å². The fourth-order valence-electron chi connectivity index (χ4n) is 3.26. The van der Waals surface area contributed by atoms with Crippen LogP contribution in [0.2, 0.25) is 0 Å². The number of aromatic nitrogens is 4. The van der Waals surface area contributed by atoms with Gasteiger partial charge in [0.15, 0.2) is 11.5 Å². The first kappa shape index (κ1) is 20.9. The zero-order valence-corrected chi connectivity index (χ0v) is 17.0. The van der Waals surface area contributed by atoms with Crippen LogP contribution < -0.4 is 0 Å². The van der Waals surface area contributed by atoms with Crippen LogP contribution in [0.3, 0.4) is 0 Å². The molecule has 0 saturated heterocycles. The molecule has 2 aromatic carbocycles. The predicted molar refractivity (Wildman–Crippen MR) is 113 cm³/mol. The van der Waals surface area contributed by atoms with Gasteiger partial charge in [0, 0.05) is 12.5 Å². The van der Waals surface area contributed by atoms with E-state index >= 15 is 0 Å². The van der Waals surface area contributed by atoms with Crippen molar-refractivity contribution in [2.24, 2.45) is 0 Å². The van der Waals surface area contributed by atoms with Gasteiger partial charge in [-0.25, -0.2) is 23.4 Å². The maximum Gasteiger partial charge on any atom is 0.359 e. The Balaban J connectivity index is 1.57. The van der Waals surface area contributed by atoms with Crippen LogP contribution in [0, 0.1) is 22.9 Å². The van der Waals surface area contributed by atoms with Gasteiger partial charge in [-0.15, -0.1) is 0 Å². The largest absolute Gasteiger partial charge is 0.457 e. The van der Waals surface area contributed by atoms with Crippen molar-refractivity contribution < 1.29 is 18.8 Å². The number of benzene rings is 2. The summed E-state index contributed by atoms with van der Waals surface area (Å²) >= 11 is 0. The third kappa shape index (κ3) is 4.24. The van der Waals surface area contributed by atoms with Gasteiger partial charge in [-0.1, -0.05) is 18.2 Å². The molecule has 0 fully saturated rings. The molecule has 0 bridgehead atoms. The lowest BCUT2D eigenvalue weighted by atomic mass is 10.1. The SMILES string of the molecule is Cc1ncc([N+](=O)[O-])n1CCOC(=O)c1cc(-c2ccc(F)cc2)n(-c2ccccc2)n1. The summed E-state index contributed by atoms with van der Waals surface area (Å²) in [7, 11) is 0. The highest BCUT2D eigenvalue weighted by Gasteiger charge is 2.20. The molecule has 0 radical (unpaired) electrons. The summed E-state index contributed by atoms with van der Waals surface area (Å²) in [6.45, 7) is 1.62. The van der Waals surface area contributed by atoms with Gasteiger partial charge in [0.05, 0.1) is 11.4 Å². The second-order valence-electron chi connectivity index (χ2n) is 6.88. The maximum atomic E-state index is 13.4. The van der Waals surface area contributed by atoms with Crippen molar-refractivity contribution in [3.05, 3.63) is 94.3 Å². The quantitative estimate of drug-likeness (QED) is 0.247. The Morgan fingerprint density at radius 3 is 2.56 bits per heavy atom. The molecule has 2 heterocycles. The van der Waals surface area contributed by atoms with Gasteiger partial charge in [-0.3, -0.25) is 0 Å². The van der Waals surface area contributed by atoms with E-state index in [-0.39, 0.29) is 30.5 Å². The van der Waals surface area contributed by atoms with Gasteiger partial charge in [-0.05, 0) is 47.4 Å². The summed E-state index contributed by atoms with van der Waals surface area (Å²) in [5.74, 6) is -0.781. The van der Waals surface area contributed by atoms with Crippen LogP contribution in [0.15, 0.2) is 66.9 Å². The van der Waals surface area contributed by atoms with Crippen LogP contribution in [-0.2, 0) is 11.3 Å². The number of imidazole rings is 1. The molecule has 0 amide bonds. The molecule has 9 nitrogen and oxygen atoms in total. The highest BCUT2D eigenvalue weighted by atomic mass is 19.1. The number of hydrogen-bond donors (Lipinski definition) is 0. The third-order valence-corrected chi connectivity index (χ3v) is 4.83. The van der Waals surface area contributed by atoms with E-state index in [1.54, 1.807) is 29.8 Å². The van der Waals surface area contributed by atoms with Crippen LogP contribution >= 0.6 is 0 Å². The second-order valence-corrected chi connectivity index (χ2v) is 6.88. The summed E-state index contributed by atoms with van der Waals surface area (Å²) in [6, 6.07) is 16.6. The van der Waals surface area contributed by atoms with Crippen molar-refractivity contribution in [2.75, 3.05) is 6.61 Å². The van der Waals surface area contributed by atoms with Crippen molar-refractivity contribution in [3.63, 3.8) is 0 Å². The standard InChI is InChI=1S/C22H18FN5O4/c1-15-24-14-21(28(30)31)26(15)11-12-32-22(29)19-13-20(16-7-9-17(23)10-8-16)27(25-19)18-5-3-2-4-6-18/h2-10,13-14H,11-12H2,1H3. The second kappa shape index (κ2) is 8.80. The number of halogens is 1. The summed E-state index contributed by atoms with van der Waals surface area (Å²) in [4.78, 5) is 27.1. The monoisotopic (exact) mass is 435 g/mol. The minimum absolute atomic E-state index is 0.0602. The summed E-state index contributed by atoms with van der Waals surface area (Å²) in [5, 5.41) is 15.5. The molecule has 0 N–H and O–H groups in total. The lowest BCUT2D eigenvalue weighted by Crippen LogP contribution is -2.14. The van der Waals surface area contributed by atoms with Gasteiger partial charge in [0.1, 0.15) is 25.2 Å². The van der Waals surface area contributed by atoms with Crippen molar-refractivity contribution in [2.45, 2.75) is 13.5 Å². The van der Waals surface area contributed by atoms with E-state index in [9.17, 15) is 19.3 Å². The van der Waals surface area contributed by atoms with Crippen molar-refractivity contribution in [3.8, 4) is 16.9 Å². The Labute approximate surface area is 181 Å². The van der Waals surface area contributed by atoms with Gasteiger partial charge in [0.25, 0.3) is 0 Å². The van der Waals surface area contributed by atoms with Gasteiger partial charge >= 0.3 is 11.8 Å². The Bertz CT molecular complexity index is 1270. The number of nitro groups is 1. The van der Waals surface area contributed by atoms with E-state index in [0.29, 0.717) is 17.1 Å². The van der Waals surface area contributed by atoms with Crippen molar-refractivity contribution >= 4 is 11.8 Å². The third-order valence-electron chi connectivity index (χ3n) is 4.83. The molecule has 0 aliphatic carbocycles. The van der Waals surface area contributed by atoms with Gasteiger partial charge in [0.2, 0.25) is 0 Å². The first-order valence-corrected chi connectivity index (χ1v) is 9.69. The molecule has 0 unspecified atom stereocenters. The van der Waals surface area contributed by atoms with Crippen LogP contribution in [-0.4, -0.2) is 36.8 Å². The molecule has 4 aromatic rings. The minimum atomic E-state index is -0.677. The van der Waals surface area contributed by atoms with E-state index in [4.69, 9.17) is 4.74 Å². The number of esters is 1. The number of nitrogens with zero attached hydrogens (tertiary/aromatic N) is 5. The molecular formula is C22H18FN5O4. The van der Waals surface area contributed by atoms with E-state index < -0.39 is 10.9 Å². The highest BCUT2D eigenvalue weighted by molar-refractivity contribution is 5.89. The van der Waals surface area contributed by atoms with Gasteiger partial charge < -0.3 is 14.9 Å². The molecule has 0 saturated carbocycles. The predicted octanol–water partition coefficient (Wildman–Crippen LogP) is 3.95. The number of hydrogen-bond acceptors (Lipinski definition) is 6. The number of ether oxygens (including phenoxy) is 1. The first-order valence-electron chi connectivity index (χ1n) is 9.69. The van der Waals surface area contributed by atoms with Crippen LogP contribution in [0.5, 0.6) is 0 Å². The smallest absolute Gasteiger partial charge is 0.359 e. The van der Waals surface area contributed by atoms with Crippen molar-refractivity contribution in [1.29, 1.82) is 0 Å². The molecule has 162 valence electrons. The van der Waals surface area contributed by atoms with E-state index in [2.05, 4.69) is 10.1 Å². The Morgan fingerprint density at radius 1 is 1.16 bits per heavy atom. The van der Waals surface area contributed by atoms with Gasteiger partial charge in [-0.2, -0.15) is 5.10 Å². The molecule has 0 spiro atoms. The number of aryl methyl sites for hydroxylation is 1. The zero-order chi connectivity index (χ0) is 22.7. The molecule has 4 rings (SSSR count). The number of rotatable bonds is 7. The average molecular weight is 435 g/mol. The molecule has 10 heteroatoms. The lowest BCUT2D eigenvalue weighted by Gasteiger charge is -2.07. The molecule has 32 heavy (non-hydrogen) atoms. The van der Waals surface area contributed by atoms with Crippen molar-refractivity contribution in [1.82, 2.24) is 19.3 Å². The van der Waals surface area contributed by atoms with Crippen LogP contribution in [0.25, 0.3) is 16.9 Å². The number of para-hydroxylation sites is 1. The fourth-order valence-corrected chi connectivity index (χ4v) is 3.26. The van der Waals surface area contributed by atoms with E-state index in [1.165, 1.54) is 16.7 Å². The normalized spacial score (nSPS) is 10.8. The molecular weight excluding hydrogens is 417 g/mol. The number of carbonyl (C=O) groups excluding carboxylic acids is 1. The average Bonchev–Trinajstić information content (AvgIpc) is 3.39. The van der Waals surface area contributed by atoms with Crippen LogP contribution in [0.4, 0.5) is 10.2 Å². The van der Waals surface area contributed by atoms with E-state index in [0.717, 1.165) is 11.9 Å². The Kier molecular flexibility index (Phi) is 5.75. The molecule has 0 aliphatic rings. The Hall–Kier alpha value is -4.34. The highest BCUT2D eigenvalue weighted by Crippen LogP contribution is 2.25. The Morgan fingerprint density at radius 2 is 1.88 bits per heavy atom. The summed E-state index contributed by atoms with van der Waals surface area (Å²) < 4.78 is 21.6. The lowest BCUT2D eigenvalue weighted by molar-refractivity contribution is -0.392. The molecule has 2 aromatic heterocycles. The fraction of sp³-hybridized carbons (Fsp3) is 0.136. The topological polar surface area (TPSA) is 105 Å². The minimum Gasteiger partial charge on any atom is -0.457 e. The summed E-state index contributed by atoms with van der Waals surface area (Å²) in [6.07, 6.45) is 1.16. The molecule has 0 atom stereocenters. The summed E-state index contributed by atoms with van der Waals surface area (Å²) in [5.41, 5.74) is 2.04. The zero-order valence-electron chi connectivity index (χ0n) is 17.0. The van der Waals surface area contributed by atoms with Crippen LogP contribution in [0.1, 0.15) is 16.3 Å². The number of carbonyl (C=O) groups is 1. The maximum absolute atomic E-state index is 13.4. The molecule has 0 aliphatic heterocycles. The first-order chi connectivity index (χ1) is 15.4.